The largest absolute Gasteiger partial charge is 0.497 e. The maximum Gasteiger partial charge on any atom is 0.323 e. The van der Waals surface area contributed by atoms with Crippen molar-refractivity contribution in [3.05, 3.63) is 53.8 Å². The van der Waals surface area contributed by atoms with Crippen molar-refractivity contribution >= 4 is 17.4 Å². The number of hydrogen-bond donors (Lipinski definition) is 2. The molecule has 0 atom stereocenters. The molecule has 0 saturated carbocycles. The standard InChI is InChI=1S/C15H15FN2O2/c1-10-3-5-11(6-4-10)17-15(19)18-14-9-12(20-2)7-8-13(14)16/h3-9H,1-2H3,(H2,17,18,19). The van der Waals surface area contributed by atoms with Crippen LogP contribution in [0.5, 0.6) is 5.75 Å². The van der Waals surface area contributed by atoms with E-state index in [-0.39, 0.29) is 5.69 Å². The first-order valence-corrected chi connectivity index (χ1v) is 6.06. The molecule has 0 aliphatic rings. The molecule has 4 nitrogen and oxygen atoms in total. The second kappa shape index (κ2) is 6.06. The molecule has 0 heterocycles. The molecule has 0 saturated heterocycles. The van der Waals surface area contributed by atoms with E-state index in [1.165, 1.54) is 25.3 Å². The van der Waals surface area contributed by atoms with Crippen molar-refractivity contribution in [1.82, 2.24) is 0 Å². The highest BCUT2D eigenvalue weighted by atomic mass is 19.1. The summed E-state index contributed by atoms with van der Waals surface area (Å²) in [6.07, 6.45) is 0. The van der Waals surface area contributed by atoms with Gasteiger partial charge in [0.05, 0.1) is 12.8 Å². The maximum atomic E-state index is 13.6. The highest BCUT2D eigenvalue weighted by Crippen LogP contribution is 2.21. The molecule has 0 fully saturated rings. The van der Waals surface area contributed by atoms with E-state index in [1.54, 1.807) is 12.1 Å². The molecule has 2 amide bonds. The van der Waals surface area contributed by atoms with Gasteiger partial charge in [0.15, 0.2) is 0 Å². The third-order valence-corrected chi connectivity index (χ3v) is 2.73. The average molecular weight is 274 g/mol. The van der Waals surface area contributed by atoms with Crippen LogP contribution in [-0.4, -0.2) is 13.1 Å². The molecule has 0 aliphatic carbocycles. The lowest BCUT2D eigenvalue weighted by atomic mass is 10.2. The summed E-state index contributed by atoms with van der Waals surface area (Å²) in [7, 11) is 1.48. The number of urea groups is 1. The van der Waals surface area contributed by atoms with Crippen LogP contribution in [0.25, 0.3) is 0 Å². The van der Waals surface area contributed by atoms with E-state index in [1.807, 2.05) is 19.1 Å². The van der Waals surface area contributed by atoms with Crippen molar-refractivity contribution in [3.63, 3.8) is 0 Å². The topological polar surface area (TPSA) is 50.4 Å². The van der Waals surface area contributed by atoms with Gasteiger partial charge in [0.1, 0.15) is 11.6 Å². The summed E-state index contributed by atoms with van der Waals surface area (Å²) in [5, 5.41) is 5.07. The summed E-state index contributed by atoms with van der Waals surface area (Å²) < 4.78 is 18.5. The minimum Gasteiger partial charge on any atom is -0.497 e. The first-order valence-electron chi connectivity index (χ1n) is 6.06. The lowest BCUT2D eigenvalue weighted by molar-refractivity contribution is 0.262. The van der Waals surface area contributed by atoms with E-state index in [0.717, 1.165) is 5.56 Å². The number of halogens is 1. The molecule has 2 rings (SSSR count). The van der Waals surface area contributed by atoms with E-state index in [9.17, 15) is 9.18 Å². The molecule has 2 N–H and O–H groups in total. The first kappa shape index (κ1) is 13.9. The second-order valence-electron chi connectivity index (χ2n) is 4.29. The molecule has 0 radical (unpaired) electrons. The molecular formula is C15H15FN2O2. The molecule has 20 heavy (non-hydrogen) atoms. The molecular weight excluding hydrogens is 259 g/mol. The summed E-state index contributed by atoms with van der Waals surface area (Å²) in [6.45, 7) is 1.95. The highest BCUT2D eigenvalue weighted by Gasteiger charge is 2.08. The van der Waals surface area contributed by atoms with E-state index in [4.69, 9.17) is 4.74 Å². The smallest absolute Gasteiger partial charge is 0.323 e. The fraction of sp³-hybridized carbons (Fsp3) is 0.133. The predicted octanol–water partition coefficient (Wildman–Crippen LogP) is 3.79. The van der Waals surface area contributed by atoms with E-state index < -0.39 is 11.8 Å². The van der Waals surface area contributed by atoms with Gasteiger partial charge < -0.3 is 15.4 Å². The van der Waals surface area contributed by atoms with Crippen molar-refractivity contribution < 1.29 is 13.9 Å². The number of carbonyl (C=O) groups is 1. The van der Waals surface area contributed by atoms with Crippen LogP contribution >= 0.6 is 0 Å². The van der Waals surface area contributed by atoms with Crippen molar-refractivity contribution in [2.45, 2.75) is 6.92 Å². The number of rotatable bonds is 3. The van der Waals surface area contributed by atoms with E-state index in [2.05, 4.69) is 10.6 Å². The van der Waals surface area contributed by atoms with Crippen molar-refractivity contribution in [1.29, 1.82) is 0 Å². The quantitative estimate of drug-likeness (QED) is 0.894. The zero-order chi connectivity index (χ0) is 14.5. The molecule has 5 heteroatoms. The number of methoxy groups -OCH3 is 1. The number of ether oxygens (including phenoxy) is 1. The Bertz CT molecular complexity index is 612. The first-order chi connectivity index (χ1) is 9.58. The number of hydrogen-bond acceptors (Lipinski definition) is 2. The number of benzene rings is 2. The van der Waals surface area contributed by atoms with Crippen LogP contribution in [0.2, 0.25) is 0 Å². The Morgan fingerprint density at radius 1 is 1.10 bits per heavy atom. The van der Waals surface area contributed by atoms with E-state index >= 15 is 0 Å². The summed E-state index contributed by atoms with van der Waals surface area (Å²) >= 11 is 0. The Morgan fingerprint density at radius 3 is 2.45 bits per heavy atom. The number of amides is 2. The number of carbonyl (C=O) groups excluding carboxylic acids is 1. The molecule has 2 aromatic carbocycles. The van der Waals surface area contributed by atoms with Gasteiger partial charge in [-0.3, -0.25) is 0 Å². The Hall–Kier alpha value is -2.56. The van der Waals surface area contributed by atoms with Crippen LogP contribution in [0.1, 0.15) is 5.56 Å². The summed E-state index contributed by atoms with van der Waals surface area (Å²) in [6, 6.07) is 10.9. The summed E-state index contributed by atoms with van der Waals surface area (Å²) in [5.41, 5.74) is 1.79. The maximum absolute atomic E-state index is 13.6. The fourth-order valence-corrected chi connectivity index (χ4v) is 1.65. The van der Waals surface area contributed by atoms with Crippen molar-refractivity contribution in [3.8, 4) is 5.75 Å². The highest BCUT2D eigenvalue weighted by molar-refractivity contribution is 5.99. The van der Waals surface area contributed by atoms with Gasteiger partial charge in [0.25, 0.3) is 0 Å². The van der Waals surface area contributed by atoms with Gasteiger partial charge in [-0.2, -0.15) is 0 Å². The molecule has 0 bridgehead atoms. The number of nitrogens with one attached hydrogen (secondary N) is 2. The molecule has 0 unspecified atom stereocenters. The number of anilines is 2. The fourth-order valence-electron chi connectivity index (χ4n) is 1.65. The van der Waals surface area contributed by atoms with Gasteiger partial charge >= 0.3 is 6.03 Å². The van der Waals surface area contributed by atoms with Crippen LogP contribution in [0, 0.1) is 12.7 Å². The van der Waals surface area contributed by atoms with Crippen molar-refractivity contribution in [2.24, 2.45) is 0 Å². The Balaban J connectivity index is 2.06. The van der Waals surface area contributed by atoms with Gasteiger partial charge in [-0.15, -0.1) is 0 Å². The van der Waals surface area contributed by atoms with Crippen LogP contribution in [0.3, 0.4) is 0 Å². The van der Waals surface area contributed by atoms with Crippen LogP contribution in [0.15, 0.2) is 42.5 Å². The van der Waals surface area contributed by atoms with Gasteiger partial charge in [-0.25, -0.2) is 9.18 Å². The van der Waals surface area contributed by atoms with Crippen LogP contribution < -0.4 is 15.4 Å². The second-order valence-corrected chi connectivity index (χ2v) is 4.29. The average Bonchev–Trinajstić information content (AvgIpc) is 2.44. The Kier molecular flexibility index (Phi) is 4.20. The minimum absolute atomic E-state index is 0.0639. The molecule has 0 spiro atoms. The van der Waals surface area contributed by atoms with E-state index in [0.29, 0.717) is 11.4 Å². The zero-order valence-corrected chi connectivity index (χ0v) is 11.2. The van der Waals surface area contributed by atoms with Gasteiger partial charge in [-0.05, 0) is 31.2 Å². The minimum atomic E-state index is -0.523. The van der Waals surface area contributed by atoms with Crippen molar-refractivity contribution in [2.75, 3.05) is 17.7 Å². The Labute approximate surface area is 116 Å². The third-order valence-electron chi connectivity index (χ3n) is 2.73. The third kappa shape index (κ3) is 3.47. The predicted molar refractivity (Wildman–Crippen MR) is 76.8 cm³/mol. The SMILES string of the molecule is COc1ccc(F)c(NC(=O)Nc2ccc(C)cc2)c1. The lowest BCUT2D eigenvalue weighted by Crippen LogP contribution is -2.20. The van der Waals surface area contributed by atoms with Crippen LogP contribution in [0.4, 0.5) is 20.6 Å². The molecule has 0 aliphatic heterocycles. The Morgan fingerprint density at radius 2 is 1.80 bits per heavy atom. The van der Waals surface area contributed by atoms with Gasteiger partial charge in [0.2, 0.25) is 0 Å². The molecule has 0 aromatic heterocycles. The normalized spacial score (nSPS) is 9.95. The van der Waals surface area contributed by atoms with Crippen LogP contribution in [-0.2, 0) is 0 Å². The number of aryl methyl sites for hydroxylation is 1. The monoisotopic (exact) mass is 274 g/mol. The molecule has 2 aromatic rings. The van der Waals surface area contributed by atoms with Gasteiger partial charge in [-0.1, -0.05) is 17.7 Å². The lowest BCUT2D eigenvalue weighted by Gasteiger charge is -2.10. The summed E-state index contributed by atoms with van der Waals surface area (Å²) in [4.78, 5) is 11.8. The molecule has 104 valence electrons. The van der Waals surface area contributed by atoms with Gasteiger partial charge in [0, 0.05) is 11.8 Å². The summed E-state index contributed by atoms with van der Waals surface area (Å²) in [5.74, 6) is -0.0538. The zero-order valence-electron chi connectivity index (χ0n) is 11.2.